The van der Waals surface area contributed by atoms with E-state index >= 15 is 0 Å². The number of nitrogens with one attached hydrogen (secondary N) is 1. The lowest BCUT2D eigenvalue weighted by molar-refractivity contribution is 0.153. The molecule has 1 fully saturated rings. The zero-order chi connectivity index (χ0) is 10.7. The summed E-state index contributed by atoms with van der Waals surface area (Å²) < 4.78 is 0. The predicted octanol–water partition coefficient (Wildman–Crippen LogP) is 1.96. The molecule has 2 atom stereocenters. The first kappa shape index (κ1) is 12.0. The van der Waals surface area contributed by atoms with Crippen LogP contribution in [0.5, 0.6) is 0 Å². The second-order valence-electron chi connectivity index (χ2n) is 5.56. The summed E-state index contributed by atoms with van der Waals surface area (Å²) in [6, 6.07) is 1.37. The Hall–Kier alpha value is -0.0800. The van der Waals surface area contributed by atoms with E-state index in [1.807, 2.05) is 0 Å². The molecule has 84 valence electrons. The average Bonchev–Trinajstić information content (AvgIpc) is 2.01. The van der Waals surface area contributed by atoms with E-state index in [1.165, 1.54) is 19.5 Å². The highest BCUT2D eigenvalue weighted by molar-refractivity contribution is 4.86. The minimum atomic E-state index is 0.678. The van der Waals surface area contributed by atoms with Crippen molar-refractivity contribution in [3.63, 3.8) is 0 Å². The fourth-order valence-electron chi connectivity index (χ4n) is 2.31. The summed E-state index contributed by atoms with van der Waals surface area (Å²) in [5.41, 5.74) is 0. The maximum Gasteiger partial charge on any atom is 0.0220 e. The number of hydrogen-bond donors (Lipinski definition) is 1. The van der Waals surface area contributed by atoms with Gasteiger partial charge in [0, 0.05) is 25.2 Å². The topological polar surface area (TPSA) is 15.3 Å². The van der Waals surface area contributed by atoms with Crippen LogP contribution in [-0.4, -0.2) is 37.1 Å². The van der Waals surface area contributed by atoms with Crippen molar-refractivity contribution < 1.29 is 0 Å². The van der Waals surface area contributed by atoms with E-state index in [-0.39, 0.29) is 0 Å². The van der Waals surface area contributed by atoms with E-state index in [1.54, 1.807) is 0 Å². The minimum absolute atomic E-state index is 0.678. The zero-order valence-corrected chi connectivity index (χ0v) is 10.4. The Balaban J connectivity index is 2.45. The van der Waals surface area contributed by atoms with Crippen molar-refractivity contribution in [2.75, 3.05) is 20.1 Å². The SMILES string of the molecule is CC(C)CC1CN(C)C[C@H](C(C)C)N1. The highest BCUT2D eigenvalue weighted by Crippen LogP contribution is 2.14. The summed E-state index contributed by atoms with van der Waals surface area (Å²) in [7, 11) is 2.24. The van der Waals surface area contributed by atoms with Gasteiger partial charge in [-0.1, -0.05) is 27.7 Å². The molecule has 1 saturated heterocycles. The molecule has 0 amide bonds. The van der Waals surface area contributed by atoms with Crippen LogP contribution < -0.4 is 5.32 Å². The van der Waals surface area contributed by atoms with Gasteiger partial charge in [0.25, 0.3) is 0 Å². The highest BCUT2D eigenvalue weighted by atomic mass is 15.2. The van der Waals surface area contributed by atoms with Crippen LogP contribution in [0, 0.1) is 11.8 Å². The van der Waals surface area contributed by atoms with Crippen molar-refractivity contribution in [3.05, 3.63) is 0 Å². The van der Waals surface area contributed by atoms with Gasteiger partial charge >= 0.3 is 0 Å². The van der Waals surface area contributed by atoms with Crippen LogP contribution in [0.2, 0.25) is 0 Å². The third kappa shape index (κ3) is 3.58. The van der Waals surface area contributed by atoms with Crippen molar-refractivity contribution in [1.29, 1.82) is 0 Å². The first-order chi connectivity index (χ1) is 6.49. The monoisotopic (exact) mass is 198 g/mol. The molecule has 0 saturated carbocycles. The molecule has 1 N–H and O–H groups in total. The number of piperazine rings is 1. The normalized spacial score (nSPS) is 30.2. The van der Waals surface area contributed by atoms with Crippen LogP contribution in [0.3, 0.4) is 0 Å². The van der Waals surface area contributed by atoms with Crippen molar-refractivity contribution in [1.82, 2.24) is 10.2 Å². The van der Waals surface area contributed by atoms with Gasteiger partial charge in [0.15, 0.2) is 0 Å². The Morgan fingerprint density at radius 1 is 1.21 bits per heavy atom. The second-order valence-corrected chi connectivity index (χ2v) is 5.56. The molecule has 1 aliphatic heterocycles. The molecule has 2 heteroatoms. The third-order valence-corrected chi connectivity index (χ3v) is 3.05. The van der Waals surface area contributed by atoms with Crippen molar-refractivity contribution in [2.45, 2.75) is 46.2 Å². The average molecular weight is 198 g/mol. The summed E-state index contributed by atoms with van der Waals surface area (Å²) in [5.74, 6) is 1.54. The van der Waals surface area contributed by atoms with E-state index in [0.717, 1.165) is 11.8 Å². The molecule has 0 spiro atoms. The predicted molar refractivity (Wildman–Crippen MR) is 62.5 cm³/mol. The molecule has 0 radical (unpaired) electrons. The quantitative estimate of drug-likeness (QED) is 0.746. The Labute approximate surface area is 89.1 Å². The molecule has 14 heavy (non-hydrogen) atoms. The second kappa shape index (κ2) is 5.13. The summed E-state index contributed by atoms with van der Waals surface area (Å²) in [6.45, 7) is 11.6. The fraction of sp³-hybridized carbons (Fsp3) is 1.00. The van der Waals surface area contributed by atoms with E-state index < -0.39 is 0 Å². The lowest BCUT2D eigenvalue weighted by Crippen LogP contribution is -2.57. The molecule has 0 aromatic heterocycles. The molecule has 1 heterocycles. The van der Waals surface area contributed by atoms with Gasteiger partial charge in [0.05, 0.1) is 0 Å². The van der Waals surface area contributed by atoms with Gasteiger partial charge in [-0.2, -0.15) is 0 Å². The molecule has 0 bridgehead atoms. The third-order valence-electron chi connectivity index (χ3n) is 3.05. The van der Waals surface area contributed by atoms with Crippen LogP contribution in [0.1, 0.15) is 34.1 Å². The summed E-state index contributed by atoms with van der Waals surface area (Å²) in [4.78, 5) is 2.47. The maximum absolute atomic E-state index is 3.77. The van der Waals surface area contributed by atoms with E-state index in [4.69, 9.17) is 0 Å². The minimum Gasteiger partial charge on any atom is -0.308 e. The molecule has 1 rings (SSSR count). The lowest BCUT2D eigenvalue weighted by atomic mass is 9.95. The largest absolute Gasteiger partial charge is 0.308 e. The summed E-state index contributed by atoms with van der Waals surface area (Å²) >= 11 is 0. The Morgan fingerprint density at radius 2 is 1.86 bits per heavy atom. The summed E-state index contributed by atoms with van der Waals surface area (Å²) in [5, 5.41) is 3.77. The van der Waals surface area contributed by atoms with Crippen molar-refractivity contribution >= 4 is 0 Å². The fourth-order valence-corrected chi connectivity index (χ4v) is 2.31. The number of likely N-dealkylation sites (N-methyl/N-ethyl adjacent to an activating group) is 1. The molecular weight excluding hydrogens is 172 g/mol. The standard InChI is InChI=1S/C12H26N2/c1-9(2)6-11-7-14(5)8-12(13-11)10(3)4/h9-13H,6-8H2,1-5H3/t11?,12-/m1/s1. The molecule has 1 unspecified atom stereocenters. The highest BCUT2D eigenvalue weighted by Gasteiger charge is 2.26. The smallest absolute Gasteiger partial charge is 0.0220 e. The van der Waals surface area contributed by atoms with E-state index in [0.29, 0.717) is 12.1 Å². The zero-order valence-electron chi connectivity index (χ0n) is 10.4. The maximum atomic E-state index is 3.77. The Kier molecular flexibility index (Phi) is 4.39. The van der Waals surface area contributed by atoms with Crippen LogP contribution in [0.25, 0.3) is 0 Å². The molecule has 0 aromatic carbocycles. The summed E-state index contributed by atoms with van der Waals surface area (Å²) in [6.07, 6.45) is 1.30. The molecular formula is C12H26N2. The van der Waals surface area contributed by atoms with Gasteiger partial charge in [-0.05, 0) is 25.3 Å². The first-order valence-corrected chi connectivity index (χ1v) is 5.93. The van der Waals surface area contributed by atoms with Crippen LogP contribution in [0.4, 0.5) is 0 Å². The van der Waals surface area contributed by atoms with Gasteiger partial charge in [0.1, 0.15) is 0 Å². The van der Waals surface area contributed by atoms with Gasteiger partial charge in [-0.25, -0.2) is 0 Å². The number of hydrogen-bond acceptors (Lipinski definition) is 2. The van der Waals surface area contributed by atoms with Crippen molar-refractivity contribution in [3.8, 4) is 0 Å². The van der Waals surface area contributed by atoms with Gasteiger partial charge in [-0.15, -0.1) is 0 Å². The number of nitrogens with zero attached hydrogens (tertiary/aromatic N) is 1. The van der Waals surface area contributed by atoms with Crippen LogP contribution in [-0.2, 0) is 0 Å². The lowest BCUT2D eigenvalue weighted by Gasteiger charge is -2.39. The van der Waals surface area contributed by atoms with Crippen LogP contribution in [0.15, 0.2) is 0 Å². The van der Waals surface area contributed by atoms with Gasteiger partial charge < -0.3 is 10.2 Å². The molecule has 0 aliphatic carbocycles. The Morgan fingerprint density at radius 3 is 2.36 bits per heavy atom. The van der Waals surface area contributed by atoms with Gasteiger partial charge in [-0.3, -0.25) is 0 Å². The number of rotatable bonds is 3. The molecule has 1 aliphatic rings. The van der Waals surface area contributed by atoms with E-state index in [2.05, 4.69) is 45.0 Å². The molecule has 0 aromatic rings. The Bertz CT molecular complexity index is 164. The van der Waals surface area contributed by atoms with Crippen molar-refractivity contribution in [2.24, 2.45) is 11.8 Å². The first-order valence-electron chi connectivity index (χ1n) is 5.93. The van der Waals surface area contributed by atoms with Crippen LogP contribution >= 0.6 is 0 Å². The molecule has 2 nitrogen and oxygen atoms in total. The van der Waals surface area contributed by atoms with E-state index in [9.17, 15) is 0 Å². The van der Waals surface area contributed by atoms with Gasteiger partial charge in [0.2, 0.25) is 0 Å².